The smallest absolute Gasteiger partial charge is 0.352 e. The van der Waals surface area contributed by atoms with Gasteiger partial charge in [0.25, 0.3) is 0 Å². The van der Waals surface area contributed by atoms with E-state index in [9.17, 15) is 17.6 Å². The summed E-state index contributed by atoms with van der Waals surface area (Å²) in [7, 11) is 1.88. The molecule has 12 heteroatoms. The molecule has 0 aliphatic carbocycles. The molecule has 4 rings (SSSR count). The number of rotatable bonds is 5. The van der Waals surface area contributed by atoms with Gasteiger partial charge < -0.3 is 14.7 Å². The zero-order valence-corrected chi connectivity index (χ0v) is 21.2. The fraction of sp³-hybridized carbons (Fsp3) is 0.435. The Labute approximate surface area is 210 Å². The fourth-order valence-corrected chi connectivity index (χ4v) is 4.77. The minimum Gasteiger partial charge on any atom is -0.352 e. The van der Waals surface area contributed by atoms with Crippen molar-refractivity contribution in [1.82, 2.24) is 15.0 Å². The van der Waals surface area contributed by atoms with E-state index in [1.165, 1.54) is 17.6 Å². The van der Waals surface area contributed by atoms with Gasteiger partial charge >= 0.3 is 6.18 Å². The van der Waals surface area contributed by atoms with Crippen molar-refractivity contribution in [3.8, 4) is 11.3 Å². The van der Waals surface area contributed by atoms with Gasteiger partial charge in [-0.1, -0.05) is 11.6 Å². The number of anilines is 3. The van der Waals surface area contributed by atoms with Crippen LogP contribution in [-0.4, -0.2) is 53.7 Å². The maximum atomic E-state index is 13.7. The van der Waals surface area contributed by atoms with Crippen LogP contribution < -0.4 is 14.7 Å². The van der Waals surface area contributed by atoms with Crippen LogP contribution in [0, 0.1) is 5.82 Å². The summed E-state index contributed by atoms with van der Waals surface area (Å²) in [4.78, 5) is 18.4. The van der Waals surface area contributed by atoms with Gasteiger partial charge in [0.2, 0.25) is 5.95 Å². The van der Waals surface area contributed by atoms with Gasteiger partial charge in [-0.15, -0.1) is 11.3 Å². The number of nitrogens with zero attached hydrogens (tertiary/aromatic N) is 6. The summed E-state index contributed by atoms with van der Waals surface area (Å²) in [5.41, 5.74) is 2.45. The maximum absolute atomic E-state index is 13.7. The number of thiazole rings is 1. The molecular formula is C23H25ClF4N6S. The van der Waals surface area contributed by atoms with E-state index in [4.69, 9.17) is 16.6 Å². The van der Waals surface area contributed by atoms with E-state index in [2.05, 4.69) is 9.97 Å². The highest BCUT2D eigenvalue weighted by molar-refractivity contribution is 7.10. The first-order chi connectivity index (χ1) is 16.5. The second-order valence-electron chi connectivity index (χ2n) is 8.74. The second-order valence-corrected chi connectivity index (χ2v) is 10.00. The molecule has 0 amide bonds. The molecule has 0 saturated carbocycles. The third-order valence-corrected chi connectivity index (χ3v) is 7.18. The lowest BCUT2D eigenvalue weighted by Gasteiger charge is -2.41. The van der Waals surface area contributed by atoms with Crippen LogP contribution in [-0.2, 0) is 6.18 Å². The van der Waals surface area contributed by atoms with Crippen LogP contribution in [0.25, 0.3) is 11.3 Å². The van der Waals surface area contributed by atoms with Gasteiger partial charge in [0.1, 0.15) is 11.6 Å². The first-order valence-electron chi connectivity index (χ1n) is 11.0. The van der Waals surface area contributed by atoms with Gasteiger partial charge in [-0.2, -0.15) is 18.2 Å². The van der Waals surface area contributed by atoms with Crippen molar-refractivity contribution in [2.75, 3.05) is 41.4 Å². The van der Waals surface area contributed by atoms with Crippen LogP contribution in [0.4, 0.5) is 35.1 Å². The molecule has 1 atom stereocenters. The number of aromatic nitrogens is 3. The van der Waals surface area contributed by atoms with Crippen LogP contribution in [0.5, 0.6) is 0 Å². The summed E-state index contributed by atoms with van der Waals surface area (Å²) >= 11 is 6.61. The summed E-state index contributed by atoms with van der Waals surface area (Å²) in [6.45, 7) is 7.11. The minimum atomic E-state index is -4.44. The fourth-order valence-electron chi connectivity index (χ4n) is 3.91. The van der Waals surface area contributed by atoms with Gasteiger partial charge in [0.15, 0.2) is 10.7 Å². The number of hydrogen-bond acceptors (Lipinski definition) is 7. The molecular weight excluding hydrogens is 504 g/mol. The summed E-state index contributed by atoms with van der Waals surface area (Å²) in [5.74, 6) is 0.577. The lowest BCUT2D eigenvalue weighted by molar-refractivity contribution is -0.134. The molecule has 3 aromatic rings. The number of benzene rings is 1. The van der Waals surface area contributed by atoms with E-state index in [0.717, 1.165) is 0 Å². The molecule has 1 aliphatic rings. The molecule has 1 unspecified atom stereocenters. The average Bonchev–Trinajstić information content (AvgIpc) is 3.30. The number of alkyl halides is 3. The predicted octanol–water partition coefficient (Wildman–Crippen LogP) is 5.97. The Morgan fingerprint density at radius 2 is 1.91 bits per heavy atom. The maximum Gasteiger partial charge on any atom is 0.429 e. The molecule has 1 fully saturated rings. The molecule has 188 valence electrons. The summed E-state index contributed by atoms with van der Waals surface area (Å²) in [6, 6.07) is 6.19. The van der Waals surface area contributed by atoms with Crippen LogP contribution in [0.2, 0.25) is 5.02 Å². The Morgan fingerprint density at radius 1 is 1.17 bits per heavy atom. The van der Waals surface area contributed by atoms with E-state index in [1.54, 1.807) is 17.0 Å². The third-order valence-electron chi connectivity index (χ3n) is 6.03. The molecule has 6 nitrogen and oxygen atoms in total. The Hall–Kier alpha value is -2.66. The van der Waals surface area contributed by atoms with E-state index in [0.29, 0.717) is 54.0 Å². The van der Waals surface area contributed by atoms with Gasteiger partial charge in [-0.05, 0) is 39.0 Å². The van der Waals surface area contributed by atoms with Crippen molar-refractivity contribution in [3.63, 3.8) is 0 Å². The summed E-state index contributed by atoms with van der Waals surface area (Å²) in [5, 5.41) is -0.00728. The zero-order valence-electron chi connectivity index (χ0n) is 19.6. The van der Waals surface area contributed by atoms with E-state index < -0.39 is 16.9 Å². The lowest BCUT2D eigenvalue weighted by atomic mass is 10.1. The lowest BCUT2D eigenvalue weighted by Crippen LogP contribution is -2.53. The number of hydrogen-bond donors (Lipinski definition) is 0. The predicted molar refractivity (Wildman–Crippen MR) is 132 cm³/mol. The highest BCUT2D eigenvalue weighted by atomic mass is 35.5. The molecule has 1 aliphatic heterocycles. The van der Waals surface area contributed by atoms with Crippen molar-refractivity contribution in [2.24, 2.45) is 0 Å². The zero-order chi connectivity index (χ0) is 25.5. The van der Waals surface area contributed by atoms with Crippen LogP contribution in [0.1, 0.15) is 25.6 Å². The Bertz CT molecular complexity index is 1200. The quantitative estimate of drug-likeness (QED) is 0.380. The second kappa shape index (κ2) is 9.77. The molecule has 0 spiro atoms. The van der Waals surface area contributed by atoms with Crippen molar-refractivity contribution < 1.29 is 17.6 Å². The highest BCUT2D eigenvalue weighted by Crippen LogP contribution is 2.40. The Balaban J connectivity index is 1.67. The van der Waals surface area contributed by atoms with Gasteiger partial charge in [-0.3, -0.25) is 0 Å². The minimum absolute atomic E-state index is 0.00728. The van der Waals surface area contributed by atoms with Crippen LogP contribution in [0.3, 0.4) is 0 Å². The van der Waals surface area contributed by atoms with Crippen molar-refractivity contribution >= 4 is 40.5 Å². The number of piperazine rings is 1. The Morgan fingerprint density at radius 3 is 2.54 bits per heavy atom. The molecule has 1 saturated heterocycles. The molecule has 35 heavy (non-hydrogen) atoms. The first-order valence-corrected chi connectivity index (χ1v) is 12.3. The van der Waals surface area contributed by atoms with Gasteiger partial charge in [0.05, 0.1) is 16.2 Å². The standard InChI is InChI=1S/C23H25ClF4N6S/c1-13(2)32(4)22-30-18(15-5-6-17(25)16(24)9-15)10-19(31-22)34-8-7-33(11-14(34)3)21-20(23(26,27)28)35-12-29-21/h5-6,9-10,12-14H,7-8,11H2,1-4H3. The molecule has 0 N–H and O–H groups in total. The average molecular weight is 529 g/mol. The van der Waals surface area contributed by atoms with E-state index >= 15 is 0 Å². The SMILES string of the molecule is CC(C)N(C)c1nc(-c2ccc(F)c(Cl)c2)cc(N2CCN(c3ncsc3C(F)(F)F)CC2C)n1. The number of halogens is 5. The summed E-state index contributed by atoms with van der Waals surface area (Å²) in [6.07, 6.45) is -4.44. The van der Waals surface area contributed by atoms with Crippen molar-refractivity contribution in [1.29, 1.82) is 0 Å². The molecule has 0 bridgehead atoms. The molecule has 2 aromatic heterocycles. The third kappa shape index (κ3) is 5.30. The first kappa shape index (κ1) is 25.4. The van der Waals surface area contributed by atoms with E-state index in [-0.39, 0.29) is 22.9 Å². The Kier molecular flexibility index (Phi) is 7.10. The van der Waals surface area contributed by atoms with Gasteiger partial charge in [0, 0.05) is 50.4 Å². The molecule has 3 heterocycles. The van der Waals surface area contributed by atoms with Gasteiger partial charge in [-0.25, -0.2) is 14.4 Å². The summed E-state index contributed by atoms with van der Waals surface area (Å²) < 4.78 is 53.9. The van der Waals surface area contributed by atoms with Crippen molar-refractivity contribution in [3.05, 3.63) is 45.5 Å². The van der Waals surface area contributed by atoms with Crippen LogP contribution in [0.15, 0.2) is 29.8 Å². The normalized spacial score (nSPS) is 16.8. The highest BCUT2D eigenvalue weighted by Gasteiger charge is 2.39. The van der Waals surface area contributed by atoms with Crippen LogP contribution >= 0.6 is 22.9 Å². The largest absolute Gasteiger partial charge is 0.429 e. The molecule has 0 radical (unpaired) electrons. The monoisotopic (exact) mass is 528 g/mol. The molecule has 1 aromatic carbocycles. The topological polar surface area (TPSA) is 48.4 Å². The van der Waals surface area contributed by atoms with E-state index in [1.807, 2.05) is 37.6 Å². The van der Waals surface area contributed by atoms with Crippen molar-refractivity contribution in [2.45, 2.75) is 39.0 Å².